The lowest BCUT2D eigenvalue weighted by Crippen LogP contribution is -2.25. The summed E-state index contributed by atoms with van der Waals surface area (Å²) in [5.41, 5.74) is 6.45. The van der Waals surface area contributed by atoms with Crippen LogP contribution in [0.15, 0.2) is 88.7 Å². The molecule has 0 aliphatic rings. The van der Waals surface area contributed by atoms with Crippen LogP contribution >= 0.6 is 0 Å². The molecule has 37 heavy (non-hydrogen) atoms. The van der Waals surface area contributed by atoms with Crippen molar-refractivity contribution < 1.29 is 16.8 Å². The Morgan fingerprint density at radius 1 is 0.703 bits per heavy atom. The first-order chi connectivity index (χ1) is 17.6. The Labute approximate surface area is 219 Å². The van der Waals surface area contributed by atoms with E-state index in [2.05, 4.69) is 4.72 Å². The van der Waals surface area contributed by atoms with E-state index in [0.717, 1.165) is 41.1 Å². The molecule has 0 unspecified atom stereocenters. The molecule has 0 amide bonds. The van der Waals surface area contributed by atoms with Crippen LogP contribution in [0.5, 0.6) is 0 Å². The number of nitrogens with one attached hydrogen (secondary N) is 1. The van der Waals surface area contributed by atoms with Crippen LogP contribution in [0.1, 0.15) is 19.3 Å². The number of hydrogen-bond donors (Lipinski definition) is 3. The molecule has 0 fully saturated rings. The van der Waals surface area contributed by atoms with Crippen molar-refractivity contribution in [3.63, 3.8) is 0 Å². The summed E-state index contributed by atoms with van der Waals surface area (Å²) in [7, 11) is -3.25. The molecule has 0 aliphatic carbocycles. The van der Waals surface area contributed by atoms with Gasteiger partial charge in [0, 0.05) is 42.5 Å². The maximum Gasteiger partial charge on any atom is 0.241 e. The Morgan fingerprint density at radius 3 is 2.00 bits per heavy atom. The smallest absolute Gasteiger partial charge is 0.241 e. The van der Waals surface area contributed by atoms with Crippen LogP contribution in [-0.2, 0) is 20.0 Å². The van der Waals surface area contributed by atoms with Crippen molar-refractivity contribution in [2.75, 3.05) is 32.1 Å². The summed E-state index contributed by atoms with van der Waals surface area (Å²) in [6.45, 7) is 1.08. The van der Waals surface area contributed by atoms with E-state index in [-0.39, 0.29) is 4.90 Å². The normalized spacial score (nSPS) is 11.8. The quantitative estimate of drug-likeness (QED) is 0.275. The number of unbranched alkanes of at least 4 members (excludes halogenated alkanes) is 2. The number of rotatable bonds is 9. The molecule has 10 heteroatoms. The Hall–Kier alpha value is -3.02. The number of benzene rings is 4. The van der Waals surface area contributed by atoms with Crippen molar-refractivity contribution in [2.24, 2.45) is 10.9 Å². The van der Waals surface area contributed by atoms with Gasteiger partial charge in [-0.1, -0.05) is 67.1 Å². The molecule has 198 valence electrons. The van der Waals surface area contributed by atoms with Gasteiger partial charge < -0.3 is 10.6 Å². The molecular weight excluding hydrogens is 508 g/mol. The molecule has 0 radical (unpaired) electrons. The average molecular weight is 543 g/mol. The van der Waals surface area contributed by atoms with Crippen LogP contribution in [-0.4, -0.2) is 44.0 Å². The van der Waals surface area contributed by atoms with E-state index in [4.69, 9.17) is 10.9 Å². The monoisotopic (exact) mass is 542 g/mol. The average Bonchev–Trinajstić information content (AvgIpc) is 2.87. The predicted octanol–water partition coefficient (Wildman–Crippen LogP) is 3.80. The zero-order valence-corrected chi connectivity index (χ0v) is 22.7. The maximum atomic E-state index is 12.6. The third-order valence-corrected chi connectivity index (χ3v) is 8.35. The lowest BCUT2D eigenvalue weighted by atomic mass is 10.1. The first kappa shape index (κ1) is 28.5. The van der Waals surface area contributed by atoms with Gasteiger partial charge in [-0.2, -0.15) is 0 Å². The third kappa shape index (κ3) is 7.27. The minimum Gasteiger partial charge on any atom is -0.377 e. The number of sulfonamides is 2. The van der Waals surface area contributed by atoms with Crippen molar-refractivity contribution >= 4 is 47.3 Å². The molecule has 0 atom stereocenters. The second kappa shape index (κ2) is 12.5. The van der Waals surface area contributed by atoms with Gasteiger partial charge in [0.2, 0.25) is 20.0 Å². The summed E-state index contributed by atoms with van der Waals surface area (Å²) in [6, 6.07) is 23.4. The predicted molar refractivity (Wildman–Crippen MR) is 152 cm³/mol. The van der Waals surface area contributed by atoms with Crippen LogP contribution in [0.3, 0.4) is 0 Å². The van der Waals surface area contributed by atoms with Gasteiger partial charge in [0.15, 0.2) is 0 Å². The topological polar surface area (TPSA) is 136 Å². The van der Waals surface area contributed by atoms with Crippen LogP contribution < -0.4 is 20.5 Å². The van der Waals surface area contributed by atoms with Gasteiger partial charge in [-0.05, 0) is 43.0 Å². The largest absolute Gasteiger partial charge is 0.377 e. The van der Waals surface area contributed by atoms with Gasteiger partial charge in [-0.3, -0.25) is 0 Å². The molecule has 4 aromatic carbocycles. The summed E-state index contributed by atoms with van der Waals surface area (Å²) < 4.78 is 50.4. The van der Waals surface area contributed by atoms with Gasteiger partial charge in [-0.25, -0.2) is 26.7 Å². The van der Waals surface area contributed by atoms with Crippen molar-refractivity contribution in [1.29, 1.82) is 0 Å². The summed E-state index contributed by atoms with van der Waals surface area (Å²) >= 11 is 0. The summed E-state index contributed by atoms with van der Waals surface area (Å²) in [5, 5.41) is 8.31. The maximum absolute atomic E-state index is 12.6. The number of hydrogen-bond acceptors (Lipinski definition) is 6. The highest BCUT2D eigenvalue weighted by Crippen LogP contribution is 2.30. The number of fused-ring (bicyclic) bond motifs is 2. The van der Waals surface area contributed by atoms with Crippen molar-refractivity contribution in [3.8, 4) is 0 Å². The first-order valence-corrected chi connectivity index (χ1v) is 15.0. The van der Waals surface area contributed by atoms with E-state index in [1.807, 2.05) is 61.5 Å². The molecule has 4 rings (SSSR count). The molecule has 0 spiro atoms. The summed E-state index contributed by atoms with van der Waals surface area (Å²) in [6.07, 6.45) is 2.64. The molecule has 0 heterocycles. The molecule has 5 N–H and O–H groups in total. The standard InChI is InChI=1S/C17H25N3O2S.C10H9NO2S/c1-20(2)16-10-6-9-15-14(16)8-7-11-17(15)23(21,22)19-13-5-3-4-12-18;11-14(12,13)10-7-3-5-8-4-1-2-6-9(8)10/h6-11,19H,3-5,12-13,18H2,1-2H3;1-7H,(H2,11,12,13). The highest BCUT2D eigenvalue weighted by molar-refractivity contribution is 7.89. The molecule has 0 bridgehead atoms. The van der Waals surface area contributed by atoms with Crippen molar-refractivity contribution in [3.05, 3.63) is 78.9 Å². The molecule has 4 aromatic rings. The van der Waals surface area contributed by atoms with Crippen LogP contribution in [0, 0.1) is 0 Å². The van der Waals surface area contributed by atoms with E-state index in [0.29, 0.717) is 23.4 Å². The fourth-order valence-electron chi connectivity index (χ4n) is 4.06. The van der Waals surface area contributed by atoms with Crippen molar-refractivity contribution in [2.45, 2.75) is 29.1 Å². The van der Waals surface area contributed by atoms with E-state index < -0.39 is 20.0 Å². The fourth-order valence-corrected chi connectivity index (χ4v) is 6.12. The SMILES string of the molecule is CN(C)c1cccc2c(S(=O)(=O)NCCCCCN)cccc12.NS(=O)(=O)c1cccc2ccccc12. The minimum absolute atomic E-state index is 0.176. The lowest BCUT2D eigenvalue weighted by molar-refractivity contribution is 0.575. The summed E-state index contributed by atoms with van der Waals surface area (Å²) in [5.74, 6) is 0. The van der Waals surface area contributed by atoms with Crippen LogP contribution in [0.2, 0.25) is 0 Å². The van der Waals surface area contributed by atoms with E-state index in [1.165, 1.54) is 6.07 Å². The second-order valence-electron chi connectivity index (χ2n) is 8.79. The Balaban J connectivity index is 0.000000231. The Bertz CT molecular complexity index is 1560. The number of anilines is 1. The van der Waals surface area contributed by atoms with Crippen molar-refractivity contribution in [1.82, 2.24) is 4.72 Å². The van der Waals surface area contributed by atoms with Gasteiger partial charge in [-0.15, -0.1) is 0 Å². The van der Waals surface area contributed by atoms with Crippen LogP contribution in [0.4, 0.5) is 5.69 Å². The first-order valence-electron chi connectivity index (χ1n) is 12.0. The zero-order valence-electron chi connectivity index (χ0n) is 21.1. The number of nitrogens with zero attached hydrogens (tertiary/aromatic N) is 1. The minimum atomic E-state index is -3.63. The molecule has 0 saturated carbocycles. The molecule has 0 saturated heterocycles. The molecular formula is C27H34N4O4S2. The van der Waals surface area contributed by atoms with Gasteiger partial charge in [0.1, 0.15) is 0 Å². The molecule has 0 aliphatic heterocycles. The van der Waals surface area contributed by atoms with E-state index in [9.17, 15) is 16.8 Å². The van der Waals surface area contributed by atoms with Gasteiger partial charge in [0.25, 0.3) is 0 Å². The highest BCUT2D eigenvalue weighted by atomic mass is 32.2. The Kier molecular flexibility index (Phi) is 9.63. The van der Waals surface area contributed by atoms with E-state index in [1.54, 1.807) is 30.3 Å². The zero-order chi connectivity index (χ0) is 27.1. The second-order valence-corrected chi connectivity index (χ2v) is 12.1. The lowest BCUT2D eigenvalue weighted by Gasteiger charge is -2.17. The fraction of sp³-hybridized carbons (Fsp3) is 0.259. The Morgan fingerprint density at radius 2 is 1.30 bits per heavy atom. The third-order valence-electron chi connectivity index (χ3n) is 5.86. The van der Waals surface area contributed by atoms with E-state index >= 15 is 0 Å². The highest BCUT2D eigenvalue weighted by Gasteiger charge is 2.18. The van der Waals surface area contributed by atoms with Crippen LogP contribution in [0.25, 0.3) is 21.5 Å². The number of nitrogens with two attached hydrogens (primary N) is 2. The number of primary sulfonamides is 1. The summed E-state index contributed by atoms with van der Waals surface area (Å²) in [4.78, 5) is 2.49. The van der Waals surface area contributed by atoms with Gasteiger partial charge >= 0.3 is 0 Å². The van der Waals surface area contributed by atoms with Gasteiger partial charge in [0.05, 0.1) is 9.79 Å². The molecule has 0 aromatic heterocycles. The molecule has 8 nitrogen and oxygen atoms in total.